The van der Waals surface area contributed by atoms with Crippen LogP contribution >= 0.6 is 0 Å². The van der Waals surface area contributed by atoms with Gasteiger partial charge in [0.25, 0.3) is 5.91 Å². The minimum absolute atomic E-state index is 0.120. The van der Waals surface area contributed by atoms with E-state index >= 15 is 0 Å². The van der Waals surface area contributed by atoms with Crippen molar-refractivity contribution >= 4 is 33.7 Å². The average molecular weight is 659 g/mol. The molecule has 3 N–H and O–H groups in total. The molecule has 252 valence electrons. The molecular weight excluding hydrogens is 616 g/mol. The van der Waals surface area contributed by atoms with Gasteiger partial charge in [-0.1, -0.05) is 35.5 Å². The van der Waals surface area contributed by atoms with E-state index in [4.69, 9.17) is 4.74 Å². The van der Waals surface area contributed by atoms with Crippen LogP contribution in [0, 0.1) is 0 Å². The van der Waals surface area contributed by atoms with E-state index in [2.05, 4.69) is 67.8 Å². The van der Waals surface area contributed by atoms with Crippen LogP contribution in [0.5, 0.6) is 5.75 Å². The normalized spacial score (nSPS) is 14.4. The third kappa shape index (κ3) is 7.09. The van der Waals surface area contributed by atoms with Crippen molar-refractivity contribution in [3.63, 3.8) is 0 Å². The Morgan fingerprint density at radius 3 is 2.71 bits per heavy atom. The van der Waals surface area contributed by atoms with E-state index in [0.717, 1.165) is 71.0 Å². The fourth-order valence-corrected chi connectivity index (χ4v) is 6.88. The summed E-state index contributed by atoms with van der Waals surface area (Å²) >= 11 is 0. The predicted octanol–water partition coefficient (Wildman–Crippen LogP) is 6.99. The number of carbonyl (C=O) groups is 2. The SMILES string of the molecule is CC(C)(C)OC(=O)CCCCn1cc(Cn2ccc3ccc(CCCc4[nH]c5ccccc5c4C4NC(=O)c5ccc(O)cc54)cc32)nn1. The first-order valence-corrected chi connectivity index (χ1v) is 17.0. The zero-order valence-corrected chi connectivity index (χ0v) is 28.2. The second kappa shape index (κ2) is 13.3. The molecule has 6 aromatic rings. The van der Waals surface area contributed by atoms with E-state index in [1.54, 1.807) is 18.2 Å². The highest BCUT2D eigenvalue weighted by atomic mass is 16.6. The van der Waals surface area contributed by atoms with Crippen LogP contribution in [0.1, 0.15) is 90.9 Å². The molecule has 0 aliphatic carbocycles. The van der Waals surface area contributed by atoms with Crippen molar-refractivity contribution in [2.45, 2.75) is 84.0 Å². The number of benzene rings is 3. The van der Waals surface area contributed by atoms with Crippen LogP contribution in [-0.2, 0) is 35.5 Å². The van der Waals surface area contributed by atoms with Crippen molar-refractivity contribution in [1.82, 2.24) is 29.9 Å². The van der Waals surface area contributed by atoms with Crippen LogP contribution in [0.15, 0.2) is 79.1 Å². The Bertz CT molecular complexity index is 2150. The number of esters is 1. The number of hydrogen-bond donors (Lipinski definition) is 3. The summed E-state index contributed by atoms with van der Waals surface area (Å²) in [5.74, 6) is -0.135. The lowest BCUT2D eigenvalue weighted by atomic mass is 9.94. The molecule has 4 heterocycles. The number of nitrogens with zero attached hydrogens (tertiary/aromatic N) is 4. The van der Waals surface area contributed by atoms with Gasteiger partial charge < -0.3 is 24.7 Å². The lowest BCUT2D eigenvalue weighted by Crippen LogP contribution is -2.23. The molecule has 1 unspecified atom stereocenters. The van der Waals surface area contributed by atoms with E-state index < -0.39 is 5.60 Å². The lowest BCUT2D eigenvalue weighted by molar-refractivity contribution is -0.154. The topological polar surface area (TPSA) is 127 Å². The Morgan fingerprint density at radius 1 is 1.00 bits per heavy atom. The third-order valence-electron chi connectivity index (χ3n) is 9.07. The molecule has 1 aliphatic rings. The van der Waals surface area contributed by atoms with Gasteiger partial charge in [0.2, 0.25) is 0 Å². The molecule has 3 aromatic carbocycles. The maximum absolute atomic E-state index is 12.8. The molecule has 0 bridgehead atoms. The number of fused-ring (bicyclic) bond motifs is 3. The minimum atomic E-state index is -0.458. The summed E-state index contributed by atoms with van der Waals surface area (Å²) < 4.78 is 9.45. The van der Waals surface area contributed by atoms with Gasteiger partial charge in [0, 0.05) is 52.4 Å². The summed E-state index contributed by atoms with van der Waals surface area (Å²) in [4.78, 5) is 28.4. The third-order valence-corrected chi connectivity index (χ3v) is 9.07. The van der Waals surface area contributed by atoms with Gasteiger partial charge in [0.15, 0.2) is 0 Å². The first-order chi connectivity index (χ1) is 23.6. The smallest absolute Gasteiger partial charge is 0.306 e. The number of phenolic OH excluding ortho intramolecular Hbond substituents is 1. The van der Waals surface area contributed by atoms with Gasteiger partial charge in [-0.3, -0.25) is 14.3 Å². The molecule has 0 spiro atoms. The maximum Gasteiger partial charge on any atom is 0.306 e. The number of para-hydroxylation sites is 1. The number of aryl methyl sites for hydroxylation is 3. The zero-order valence-electron chi connectivity index (χ0n) is 28.2. The van der Waals surface area contributed by atoms with Gasteiger partial charge >= 0.3 is 5.97 Å². The number of ether oxygens (including phenoxy) is 1. The summed E-state index contributed by atoms with van der Waals surface area (Å²) in [5, 5.41) is 24.4. The van der Waals surface area contributed by atoms with Crippen molar-refractivity contribution in [3.8, 4) is 5.75 Å². The summed E-state index contributed by atoms with van der Waals surface area (Å²) in [5.41, 5.74) is 7.44. The number of aromatic amines is 1. The van der Waals surface area contributed by atoms with Crippen LogP contribution < -0.4 is 5.32 Å². The van der Waals surface area contributed by atoms with E-state index in [0.29, 0.717) is 25.1 Å². The number of aromatic hydroxyl groups is 1. The number of aromatic nitrogens is 5. The standard InChI is InChI=1S/C39H42N6O4/c1-39(2,3)49-35(47)13-6-7-19-45-24-27(42-43-45)23-44-20-18-26-15-14-25(21-34(26)44)9-8-12-33-36(30-10-4-5-11-32(30)40-33)37-31-22-28(46)16-17-29(31)38(48)41-37/h4-5,10-11,14-18,20-22,24,37,40,46H,6-9,12-13,19,23H2,1-3H3,(H,41,48). The Balaban J connectivity index is 1.00. The van der Waals surface area contributed by atoms with Crippen molar-refractivity contribution in [1.29, 1.82) is 0 Å². The molecule has 7 rings (SSSR count). The Morgan fingerprint density at radius 2 is 1.86 bits per heavy atom. The lowest BCUT2D eigenvalue weighted by Gasteiger charge is -2.19. The van der Waals surface area contributed by atoms with Gasteiger partial charge in [0.05, 0.1) is 18.8 Å². The van der Waals surface area contributed by atoms with Gasteiger partial charge in [-0.25, -0.2) is 0 Å². The quantitative estimate of drug-likeness (QED) is 0.0961. The molecule has 10 nitrogen and oxygen atoms in total. The first kappa shape index (κ1) is 32.2. The van der Waals surface area contributed by atoms with Crippen molar-refractivity contribution in [3.05, 3.63) is 113 Å². The summed E-state index contributed by atoms with van der Waals surface area (Å²) in [6, 6.07) is 21.6. The van der Waals surface area contributed by atoms with Crippen LogP contribution in [0.25, 0.3) is 21.8 Å². The van der Waals surface area contributed by atoms with Crippen molar-refractivity contribution in [2.24, 2.45) is 0 Å². The highest BCUT2D eigenvalue weighted by Gasteiger charge is 2.33. The molecule has 1 atom stereocenters. The van der Waals surface area contributed by atoms with Crippen molar-refractivity contribution in [2.75, 3.05) is 0 Å². The molecule has 1 amide bonds. The van der Waals surface area contributed by atoms with Crippen LogP contribution in [-0.4, -0.2) is 47.1 Å². The average Bonchev–Trinajstić information content (AvgIpc) is 3.83. The predicted molar refractivity (Wildman–Crippen MR) is 188 cm³/mol. The van der Waals surface area contributed by atoms with E-state index in [1.807, 2.05) is 43.8 Å². The van der Waals surface area contributed by atoms with E-state index in [1.165, 1.54) is 10.9 Å². The Kier molecular flexibility index (Phi) is 8.71. The largest absolute Gasteiger partial charge is 0.508 e. The Labute approximate surface area is 285 Å². The molecule has 0 saturated carbocycles. The Hall–Kier alpha value is -5.38. The number of carbonyl (C=O) groups excluding carboxylic acids is 2. The number of nitrogens with one attached hydrogen (secondary N) is 2. The number of unbranched alkanes of at least 4 members (excludes halogenated alkanes) is 1. The summed E-state index contributed by atoms with van der Waals surface area (Å²) in [6.07, 6.45) is 8.66. The van der Waals surface area contributed by atoms with Gasteiger partial charge in [0.1, 0.15) is 17.0 Å². The number of H-pyrrole nitrogens is 1. The molecule has 0 radical (unpaired) electrons. The number of phenols is 1. The molecular formula is C39H42N6O4. The number of amides is 1. The minimum Gasteiger partial charge on any atom is -0.508 e. The molecule has 10 heteroatoms. The summed E-state index contributed by atoms with van der Waals surface area (Å²) in [7, 11) is 0. The van der Waals surface area contributed by atoms with Crippen LogP contribution in [0.3, 0.4) is 0 Å². The van der Waals surface area contributed by atoms with Gasteiger partial charge in [-0.05, 0) is 106 Å². The van der Waals surface area contributed by atoms with E-state index in [-0.39, 0.29) is 23.7 Å². The second-order valence-corrected chi connectivity index (χ2v) is 13.9. The van der Waals surface area contributed by atoms with Crippen LogP contribution in [0.2, 0.25) is 0 Å². The number of rotatable bonds is 12. The highest BCUT2D eigenvalue weighted by Crippen LogP contribution is 2.39. The van der Waals surface area contributed by atoms with Gasteiger partial charge in [-0.2, -0.15) is 0 Å². The second-order valence-electron chi connectivity index (χ2n) is 13.9. The van der Waals surface area contributed by atoms with Gasteiger partial charge in [-0.15, -0.1) is 5.10 Å². The van der Waals surface area contributed by atoms with Crippen molar-refractivity contribution < 1.29 is 19.4 Å². The fraction of sp³-hybridized carbons (Fsp3) is 0.333. The fourth-order valence-electron chi connectivity index (χ4n) is 6.88. The number of hydrogen-bond acceptors (Lipinski definition) is 6. The first-order valence-electron chi connectivity index (χ1n) is 17.0. The molecule has 0 saturated heterocycles. The monoisotopic (exact) mass is 658 g/mol. The highest BCUT2D eigenvalue weighted by molar-refractivity contribution is 6.01. The zero-order chi connectivity index (χ0) is 34.1. The molecule has 0 fully saturated rings. The summed E-state index contributed by atoms with van der Waals surface area (Å²) in [6.45, 7) is 6.96. The molecule has 3 aromatic heterocycles. The molecule has 49 heavy (non-hydrogen) atoms. The molecule has 1 aliphatic heterocycles. The van der Waals surface area contributed by atoms with E-state index in [9.17, 15) is 14.7 Å². The maximum atomic E-state index is 12.8. The van der Waals surface area contributed by atoms with Crippen LogP contribution in [0.4, 0.5) is 0 Å².